The minimum atomic E-state index is -0.363. The summed E-state index contributed by atoms with van der Waals surface area (Å²) >= 11 is 0. The summed E-state index contributed by atoms with van der Waals surface area (Å²) in [4.78, 5) is 11.0. The van der Waals surface area contributed by atoms with Crippen LogP contribution in [0.25, 0.3) is 0 Å². The maximum Gasteiger partial charge on any atom is 0.244 e. The molecular formula is C6H10N2O2. The van der Waals surface area contributed by atoms with Crippen molar-refractivity contribution in [2.45, 2.75) is 5.54 Å². The van der Waals surface area contributed by atoms with Gasteiger partial charge in [0.1, 0.15) is 5.54 Å². The zero-order valence-corrected chi connectivity index (χ0v) is 5.64. The highest BCUT2D eigenvalue weighted by Gasteiger charge is 2.47. The van der Waals surface area contributed by atoms with E-state index in [1.54, 1.807) is 0 Å². The molecule has 1 spiro atoms. The fourth-order valence-electron chi connectivity index (χ4n) is 1.29. The molecule has 4 nitrogen and oxygen atoms in total. The third-order valence-corrected chi connectivity index (χ3v) is 2.04. The summed E-state index contributed by atoms with van der Waals surface area (Å²) in [5.41, 5.74) is -0.363. The molecule has 10 heavy (non-hydrogen) atoms. The van der Waals surface area contributed by atoms with Gasteiger partial charge in [-0.2, -0.15) is 0 Å². The van der Waals surface area contributed by atoms with E-state index in [4.69, 9.17) is 4.74 Å². The number of rotatable bonds is 0. The molecule has 0 bridgehead atoms. The Morgan fingerprint density at radius 2 is 2.50 bits per heavy atom. The SMILES string of the molecule is O=C1NCC12COCCN2. The molecular weight excluding hydrogens is 132 g/mol. The lowest BCUT2D eigenvalue weighted by Crippen LogP contribution is -2.76. The van der Waals surface area contributed by atoms with E-state index in [0.29, 0.717) is 13.2 Å². The number of nitrogens with one attached hydrogen (secondary N) is 2. The molecule has 2 fully saturated rings. The van der Waals surface area contributed by atoms with E-state index >= 15 is 0 Å². The molecule has 0 aliphatic carbocycles. The second-order valence-electron chi connectivity index (χ2n) is 2.74. The Kier molecular flexibility index (Phi) is 1.18. The summed E-state index contributed by atoms with van der Waals surface area (Å²) in [6.07, 6.45) is 0. The van der Waals surface area contributed by atoms with Crippen LogP contribution in [0.3, 0.4) is 0 Å². The maximum atomic E-state index is 11.0. The average molecular weight is 142 g/mol. The fourth-order valence-corrected chi connectivity index (χ4v) is 1.29. The van der Waals surface area contributed by atoms with Gasteiger partial charge in [-0.1, -0.05) is 0 Å². The van der Waals surface area contributed by atoms with Crippen molar-refractivity contribution in [1.82, 2.24) is 10.6 Å². The number of amides is 1. The first-order valence-electron chi connectivity index (χ1n) is 3.45. The molecule has 0 aromatic heterocycles. The van der Waals surface area contributed by atoms with Crippen molar-refractivity contribution in [3.63, 3.8) is 0 Å². The molecule has 0 radical (unpaired) electrons. The number of β-lactam (4-membered cyclic amide) rings is 1. The van der Waals surface area contributed by atoms with Crippen LogP contribution in [0, 0.1) is 0 Å². The summed E-state index contributed by atoms with van der Waals surface area (Å²) in [6.45, 7) is 2.74. The van der Waals surface area contributed by atoms with E-state index in [2.05, 4.69) is 10.6 Å². The first kappa shape index (κ1) is 6.12. The number of carbonyl (C=O) groups excluding carboxylic acids is 1. The van der Waals surface area contributed by atoms with Gasteiger partial charge in [-0.15, -0.1) is 0 Å². The van der Waals surface area contributed by atoms with Crippen molar-refractivity contribution >= 4 is 5.91 Å². The molecule has 1 atom stereocenters. The molecule has 1 unspecified atom stereocenters. The lowest BCUT2D eigenvalue weighted by atomic mass is 9.91. The normalized spacial score (nSPS) is 39.0. The van der Waals surface area contributed by atoms with Crippen LogP contribution in [0.15, 0.2) is 0 Å². The minimum Gasteiger partial charge on any atom is -0.378 e. The smallest absolute Gasteiger partial charge is 0.244 e. The Hall–Kier alpha value is -0.610. The Morgan fingerprint density at radius 1 is 1.60 bits per heavy atom. The molecule has 0 aromatic rings. The van der Waals surface area contributed by atoms with E-state index < -0.39 is 0 Å². The number of morpholine rings is 1. The lowest BCUT2D eigenvalue weighted by molar-refractivity contribution is -0.141. The highest BCUT2D eigenvalue weighted by Crippen LogP contribution is 2.15. The van der Waals surface area contributed by atoms with Crippen LogP contribution in [0.5, 0.6) is 0 Å². The number of hydrogen-bond acceptors (Lipinski definition) is 3. The molecule has 0 aromatic carbocycles. The second-order valence-corrected chi connectivity index (χ2v) is 2.74. The van der Waals surface area contributed by atoms with Gasteiger partial charge in [0.15, 0.2) is 0 Å². The topological polar surface area (TPSA) is 50.4 Å². The molecule has 2 aliphatic heterocycles. The summed E-state index contributed by atoms with van der Waals surface area (Å²) in [7, 11) is 0. The molecule has 1 amide bonds. The molecule has 2 heterocycles. The van der Waals surface area contributed by atoms with Gasteiger partial charge in [-0.05, 0) is 0 Å². The van der Waals surface area contributed by atoms with Gasteiger partial charge in [0, 0.05) is 13.1 Å². The fraction of sp³-hybridized carbons (Fsp3) is 0.833. The summed E-state index contributed by atoms with van der Waals surface area (Å²) in [5, 5.41) is 5.83. The van der Waals surface area contributed by atoms with E-state index in [-0.39, 0.29) is 11.4 Å². The minimum absolute atomic E-state index is 0.0761. The van der Waals surface area contributed by atoms with Gasteiger partial charge in [0.2, 0.25) is 5.91 Å². The monoisotopic (exact) mass is 142 g/mol. The van der Waals surface area contributed by atoms with Crippen LogP contribution in [-0.4, -0.2) is 37.7 Å². The Bertz CT molecular complexity index is 163. The molecule has 2 saturated heterocycles. The first-order chi connectivity index (χ1) is 4.83. The maximum absolute atomic E-state index is 11.0. The summed E-state index contributed by atoms with van der Waals surface area (Å²) < 4.78 is 5.17. The van der Waals surface area contributed by atoms with Crippen molar-refractivity contribution in [1.29, 1.82) is 0 Å². The number of hydrogen-bond donors (Lipinski definition) is 2. The van der Waals surface area contributed by atoms with Crippen LogP contribution in [0.4, 0.5) is 0 Å². The van der Waals surface area contributed by atoms with Crippen molar-refractivity contribution < 1.29 is 9.53 Å². The Morgan fingerprint density at radius 3 is 2.80 bits per heavy atom. The third-order valence-electron chi connectivity index (χ3n) is 2.04. The van der Waals surface area contributed by atoms with E-state index in [9.17, 15) is 4.79 Å². The lowest BCUT2D eigenvalue weighted by Gasteiger charge is -2.43. The first-order valence-corrected chi connectivity index (χ1v) is 3.45. The van der Waals surface area contributed by atoms with Crippen LogP contribution in [-0.2, 0) is 9.53 Å². The van der Waals surface area contributed by atoms with E-state index in [1.165, 1.54) is 0 Å². The van der Waals surface area contributed by atoms with Crippen LogP contribution in [0.1, 0.15) is 0 Å². The summed E-state index contributed by atoms with van der Waals surface area (Å²) in [5.74, 6) is 0.0761. The quantitative estimate of drug-likeness (QED) is 0.404. The molecule has 56 valence electrons. The van der Waals surface area contributed by atoms with Crippen molar-refractivity contribution in [3.8, 4) is 0 Å². The van der Waals surface area contributed by atoms with Crippen molar-refractivity contribution in [2.24, 2.45) is 0 Å². The van der Waals surface area contributed by atoms with Crippen molar-refractivity contribution in [3.05, 3.63) is 0 Å². The largest absolute Gasteiger partial charge is 0.378 e. The Balaban J connectivity index is 2.06. The zero-order chi connectivity index (χ0) is 7.03. The van der Waals surface area contributed by atoms with E-state index in [1.807, 2.05) is 0 Å². The zero-order valence-electron chi connectivity index (χ0n) is 5.64. The van der Waals surface area contributed by atoms with Crippen LogP contribution in [0.2, 0.25) is 0 Å². The number of ether oxygens (including phenoxy) is 1. The van der Waals surface area contributed by atoms with Crippen LogP contribution < -0.4 is 10.6 Å². The highest BCUT2D eigenvalue weighted by atomic mass is 16.5. The molecule has 0 saturated carbocycles. The van der Waals surface area contributed by atoms with Gasteiger partial charge in [-0.25, -0.2) is 0 Å². The second kappa shape index (κ2) is 1.93. The van der Waals surface area contributed by atoms with Gasteiger partial charge < -0.3 is 10.1 Å². The average Bonchev–Trinajstić information content (AvgIpc) is 2.04. The van der Waals surface area contributed by atoms with Gasteiger partial charge in [0.05, 0.1) is 13.2 Å². The predicted octanol–water partition coefficient (Wildman–Crippen LogP) is -1.53. The van der Waals surface area contributed by atoms with Gasteiger partial charge in [-0.3, -0.25) is 10.1 Å². The predicted molar refractivity (Wildman–Crippen MR) is 34.6 cm³/mol. The number of carbonyl (C=O) groups is 1. The standard InChI is InChI=1S/C6H10N2O2/c9-5-6(3-7-5)4-10-2-1-8-6/h8H,1-4H2,(H,7,9). The van der Waals surface area contributed by atoms with Gasteiger partial charge in [0.25, 0.3) is 0 Å². The molecule has 2 N–H and O–H groups in total. The molecule has 4 heteroatoms. The van der Waals surface area contributed by atoms with Gasteiger partial charge >= 0.3 is 0 Å². The molecule has 2 rings (SSSR count). The molecule has 2 aliphatic rings. The van der Waals surface area contributed by atoms with Crippen LogP contribution >= 0.6 is 0 Å². The highest BCUT2D eigenvalue weighted by molar-refractivity contribution is 5.92. The van der Waals surface area contributed by atoms with Crippen molar-refractivity contribution in [2.75, 3.05) is 26.3 Å². The van der Waals surface area contributed by atoms with E-state index in [0.717, 1.165) is 13.2 Å². The summed E-state index contributed by atoms with van der Waals surface area (Å²) in [6, 6.07) is 0. The third kappa shape index (κ3) is 0.660. The Labute approximate surface area is 58.9 Å².